The lowest BCUT2D eigenvalue weighted by atomic mass is 10.2. The number of aliphatic hydroxyl groups excluding tert-OH is 1. The Bertz CT molecular complexity index is 292. The molecule has 0 aromatic heterocycles. The van der Waals surface area contributed by atoms with Crippen molar-refractivity contribution in [1.29, 1.82) is 0 Å². The van der Waals surface area contributed by atoms with E-state index in [9.17, 15) is 0 Å². The normalized spacial score (nSPS) is 10.7. The van der Waals surface area contributed by atoms with E-state index in [1.54, 1.807) is 6.08 Å². The van der Waals surface area contributed by atoms with E-state index in [4.69, 9.17) is 9.84 Å². The van der Waals surface area contributed by atoms with Crippen LogP contribution in [0.25, 0.3) is 6.08 Å². The molecule has 2 heteroatoms. The summed E-state index contributed by atoms with van der Waals surface area (Å²) in [5, 5.41) is 8.62. The molecular formula is C12H16O2. The first-order chi connectivity index (χ1) is 6.86. The van der Waals surface area contributed by atoms with Crippen LogP contribution in [0.2, 0.25) is 0 Å². The number of aliphatic hydroxyl groups is 1. The first-order valence-corrected chi connectivity index (χ1v) is 4.87. The maximum Gasteiger partial charge on any atom is 0.119 e. The summed E-state index contributed by atoms with van der Waals surface area (Å²) in [5.74, 6) is 0.881. The third-order valence-electron chi connectivity index (χ3n) is 1.75. The van der Waals surface area contributed by atoms with E-state index in [0.29, 0.717) is 0 Å². The molecule has 14 heavy (non-hydrogen) atoms. The molecule has 1 N–H and O–H groups in total. The number of rotatable bonds is 5. The molecule has 1 aromatic carbocycles. The predicted octanol–water partition coefficient (Wildman–Crippen LogP) is 2.48. The van der Waals surface area contributed by atoms with Crippen molar-refractivity contribution in [3.8, 4) is 5.75 Å². The highest BCUT2D eigenvalue weighted by molar-refractivity contribution is 5.51. The van der Waals surface area contributed by atoms with E-state index in [0.717, 1.165) is 24.3 Å². The van der Waals surface area contributed by atoms with Crippen LogP contribution in [-0.4, -0.2) is 18.3 Å². The molecule has 0 unspecified atom stereocenters. The molecule has 76 valence electrons. The van der Waals surface area contributed by atoms with E-state index in [1.807, 2.05) is 30.3 Å². The van der Waals surface area contributed by atoms with Gasteiger partial charge in [0.15, 0.2) is 0 Å². The fourth-order valence-electron chi connectivity index (χ4n) is 1.12. The summed E-state index contributed by atoms with van der Waals surface area (Å²) in [4.78, 5) is 0. The third-order valence-corrected chi connectivity index (χ3v) is 1.75. The molecule has 1 rings (SSSR count). The minimum absolute atomic E-state index is 0.0695. The lowest BCUT2D eigenvalue weighted by Gasteiger charge is -2.04. The van der Waals surface area contributed by atoms with Gasteiger partial charge in [0.1, 0.15) is 5.75 Å². The van der Waals surface area contributed by atoms with Gasteiger partial charge in [-0.15, -0.1) is 0 Å². The van der Waals surface area contributed by atoms with E-state index in [1.165, 1.54) is 0 Å². The average molecular weight is 192 g/mol. The van der Waals surface area contributed by atoms with Crippen LogP contribution in [0.5, 0.6) is 5.75 Å². The Morgan fingerprint density at radius 2 is 2.29 bits per heavy atom. The molecule has 0 aliphatic heterocycles. The molecule has 0 saturated heterocycles. The molecule has 0 amide bonds. The number of ether oxygens (including phenoxy) is 1. The largest absolute Gasteiger partial charge is 0.494 e. The van der Waals surface area contributed by atoms with Gasteiger partial charge < -0.3 is 9.84 Å². The zero-order chi connectivity index (χ0) is 10.2. The lowest BCUT2D eigenvalue weighted by Crippen LogP contribution is -1.94. The Balaban J connectivity index is 2.63. The molecule has 0 saturated carbocycles. The van der Waals surface area contributed by atoms with Gasteiger partial charge in [-0.25, -0.2) is 0 Å². The van der Waals surface area contributed by atoms with E-state index in [-0.39, 0.29) is 6.61 Å². The van der Waals surface area contributed by atoms with Gasteiger partial charge in [-0.05, 0) is 24.1 Å². The van der Waals surface area contributed by atoms with Crippen molar-refractivity contribution in [3.05, 3.63) is 35.9 Å². The number of benzene rings is 1. The fraction of sp³-hybridized carbons (Fsp3) is 0.333. The van der Waals surface area contributed by atoms with Gasteiger partial charge in [-0.2, -0.15) is 0 Å². The van der Waals surface area contributed by atoms with Gasteiger partial charge in [-0.3, -0.25) is 0 Å². The molecular weight excluding hydrogens is 176 g/mol. The lowest BCUT2D eigenvalue weighted by molar-refractivity contribution is 0.317. The van der Waals surface area contributed by atoms with Crippen molar-refractivity contribution >= 4 is 6.08 Å². The Labute approximate surface area is 84.8 Å². The smallest absolute Gasteiger partial charge is 0.119 e. The van der Waals surface area contributed by atoms with Crippen LogP contribution in [0, 0.1) is 0 Å². The maximum atomic E-state index is 8.62. The van der Waals surface area contributed by atoms with Crippen LogP contribution in [0.3, 0.4) is 0 Å². The maximum absolute atomic E-state index is 8.62. The quantitative estimate of drug-likeness (QED) is 0.776. The van der Waals surface area contributed by atoms with E-state index >= 15 is 0 Å². The van der Waals surface area contributed by atoms with Gasteiger partial charge in [0, 0.05) is 0 Å². The summed E-state index contributed by atoms with van der Waals surface area (Å²) < 4.78 is 5.48. The van der Waals surface area contributed by atoms with Crippen molar-refractivity contribution in [2.75, 3.05) is 13.2 Å². The molecule has 0 radical (unpaired) electrons. The highest BCUT2D eigenvalue weighted by Crippen LogP contribution is 2.14. The van der Waals surface area contributed by atoms with Crippen LogP contribution >= 0.6 is 0 Å². The van der Waals surface area contributed by atoms with Crippen molar-refractivity contribution in [2.24, 2.45) is 0 Å². The van der Waals surface area contributed by atoms with Gasteiger partial charge >= 0.3 is 0 Å². The number of hydrogen-bond acceptors (Lipinski definition) is 2. The molecule has 0 aliphatic carbocycles. The molecule has 0 heterocycles. The molecule has 2 nitrogen and oxygen atoms in total. The molecule has 1 aromatic rings. The summed E-state index contributed by atoms with van der Waals surface area (Å²) in [7, 11) is 0. The van der Waals surface area contributed by atoms with Crippen LogP contribution in [0.4, 0.5) is 0 Å². The van der Waals surface area contributed by atoms with Gasteiger partial charge in [0.2, 0.25) is 0 Å². The minimum Gasteiger partial charge on any atom is -0.494 e. The van der Waals surface area contributed by atoms with Crippen LogP contribution in [0.1, 0.15) is 18.9 Å². The van der Waals surface area contributed by atoms with Crippen molar-refractivity contribution in [1.82, 2.24) is 0 Å². The Morgan fingerprint density at radius 1 is 1.43 bits per heavy atom. The van der Waals surface area contributed by atoms with Crippen LogP contribution in [0.15, 0.2) is 30.3 Å². The summed E-state index contributed by atoms with van der Waals surface area (Å²) in [6.45, 7) is 2.89. The second-order valence-corrected chi connectivity index (χ2v) is 3.01. The third kappa shape index (κ3) is 3.62. The SMILES string of the molecule is CCCOc1cccc(C=CCO)c1. The topological polar surface area (TPSA) is 29.5 Å². The standard InChI is InChI=1S/C12H16O2/c1-2-9-14-12-7-3-5-11(10-12)6-4-8-13/h3-7,10,13H,2,8-9H2,1H3. The highest BCUT2D eigenvalue weighted by Gasteiger charge is 1.92. The Morgan fingerprint density at radius 3 is 3.00 bits per heavy atom. The van der Waals surface area contributed by atoms with Crippen molar-refractivity contribution in [3.63, 3.8) is 0 Å². The average Bonchev–Trinajstić information content (AvgIpc) is 2.24. The summed E-state index contributed by atoms with van der Waals surface area (Å²) in [6.07, 6.45) is 4.59. The zero-order valence-electron chi connectivity index (χ0n) is 8.44. The Kier molecular flexibility index (Phi) is 4.79. The molecule has 0 spiro atoms. The first kappa shape index (κ1) is 10.8. The Hall–Kier alpha value is -1.28. The highest BCUT2D eigenvalue weighted by atomic mass is 16.5. The zero-order valence-corrected chi connectivity index (χ0v) is 8.44. The van der Waals surface area contributed by atoms with Gasteiger partial charge in [0.05, 0.1) is 13.2 Å². The summed E-state index contributed by atoms with van der Waals surface area (Å²) in [5.41, 5.74) is 1.05. The van der Waals surface area contributed by atoms with Gasteiger partial charge in [0.25, 0.3) is 0 Å². The summed E-state index contributed by atoms with van der Waals surface area (Å²) >= 11 is 0. The number of hydrogen-bond donors (Lipinski definition) is 1. The minimum atomic E-state index is 0.0695. The monoisotopic (exact) mass is 192 g/mol. The predicted molar refractivity (Wildman–Crippen MR) is 58.3 cm³/mol. The van der Waals surface area contributed by atoms with Gasteiger partial charge in [-0.1, -0.05) is 31.2 Å². The molecule has 0 atom stereocenters. The van der Waals surface area contributed by atoms with E-state index in [2.05, 4.69) is 6.92 Å². The van der Waals surface area contributed by atoms with Crippen molar-refractivity contribution < 1.29 is 9.84 Å². The van der Waals surface area contributed by atoms with Crippen LogP contribution in [-0.2, 0) is 0 Å². The van der Waals surface area contributed by atoms with Crippen LogP contribution < -0.4 is 4.74 Å². The second-order valence-electron chi connectivity index (χ2n) is 3.01. The second kappa shape index (κ2) is 6.22. The van der Waals surface area contributed by atoms with E-state index < -0.39 is 0 Å². The summed E-state index contributed by atoms with van der Waals surface area (Å²) in [6, 6.07) is 7.82. The van der Waals surface area contributed by atoms with Crippen molar-refractivity contribution in [2.45, 2.75) is 13.3 Å². The molecule has 0 aliphatic rings. The molecule has 0 fully saturated rings. The molecule has 0 bridgehead atoms. The first-order valence-electron chi connectivity index (χ1n) is 4.87. The fourth-order valence-corrected chi connectivity index (χ4v) is 1.12.